The fourth-order valence-electron chi connectivity index (χ4n) is 1.97. The molecule has 0 bridgehead atoms. The van der Waals surface area contributed by atoms with Crippen molar-refractivity contribution in [3.05, 3.63) is 52.8 Å². The Morgan fingerprint density at radius 3 is 2.59 bits per heavy atom. The van der Waals surface area contributed by atoms with Crippen molar-refractivity contribution in [1.29, 1.82) is 0 Å². The van der Waals surface area contributed by atoms with Gasteiger partial charge in [0, 0.05) is 7.05 Å². The molecule has 90 valence electrons. The van der Waals surface area contributed by atoms with E-state index in [1.54, 1.807) is 6.20 Å². The second-order valence-corrected chi connectivity index (χ2v) is 4.31. The molecule has 0 aliphatic carbocycles. The maximum Gasteiger partial charge on any atom is 0.0837 e. The first-order chi connectivity index (χ1) is 8.24. The molecule has 1 aromatic heterocycles. The van der Waals surface area contributed by atoms with Crippen LogP contribution in [0.1, 0.15) is 24.2 Å². The first kappa shape index (κ1) is 12.1. The van der Waals surface area contributed by atoms with Crippen LogP contribution in [0.3, 0.4) is 0 Å². The lowest BCUT2D eigenvalue weighted by molar-refractivity contribution is 0.573. The molecule has 3 nitrogen and oxygen atoms in total. The number of nitrogens with zero attached hydrogens (tertiary/aromatic N) is 2. The Morgan fingerprint density at radius 2 is 2.06 bits per heavy atom. The van der Waals surface area contributed by atoms with Gasteiger partial charge in [0.1, 0.15) is 0 Å². The Kier molecular flexibility index (Phi) is 3.82. The van der Waals surface area contributed by atoms with Crippen molar-refractivity contribution < 1.29 is 0 Å². The minimum atomic E-state index is 0.0844. The first-order valence-electron chi connectivity index (χ1n) is 5.69. The van der Waals surface area contributed by atoms with Crippen molar-refractivity contribution in [1.82, 2.24) is 15.1 Å². The zero-order valence-electron chi connectivity index (χ0n) is 10.0. The molecule has 1 N–H and O–H groups in total. The van der Waals surface area contributed by atoms with Crippen molar-refractivity contribution in [2.45, 2.75) is 13.0 Å². The number of halogens is 1. The molecule has 0 radical (unpaired) electrons. The number of rotatable bonds is 4. The third-order valence-electron chi connectivity index (χ3n) is 2.75. The fraction of sp³-hybridized carbons (Fsp3) is 0.308. The SMILES string of the molecule is CCNC(c1ccccc1)c1c(Cl)cnn1C. The van der Waals surface area contributed by atoms with Crippen molar-refractivity contribution in [3.8, 4) is 0 Å². The highest BCUT2D eigenvalue weighted by molar-refractivity contribution is 6.31. The monoisotopic (exact) mass is 249 g/mol. The molecule has 2 rings (SSSR count). The van der Waals surface area contributed by atoms with E-state index in [9.17, 15) is 0 Å². The van der Waals surface area contributed by atoms with Crippen LogP contribution in [0, 0.1) is 0 Å². The molecule has 1 heterocycles. The Hall–Kier alpha value is -1.32. The number of nitrogens with one attached hydrogen (secondary N) is 1. The molecule has 0 amide bonds. The molecule has 2 aromatic rings. The van der Waals surface area contributed by atoms with Crippen LogP contribution in [0.25, 0.3) is 0 Å². The van der Waals surface area contributed by atoms with Crippen LogP contribution in [0.15, 0.2) is 36.5 Å². The van der Waals surface area contributed by atoms with Gasteiger partial charge in [-0.05, 0) is 12.1 Å². The van der Waals surface area contributed by atoms with Crippen LogP contribution in [-0.2, 0) is 7.05 Å². The van der Waals surface area contributed by atoms with E-state index in [1.807, 2.05) is 29.9 Å². The maximum atomic E-state index is 6.20. The van der Waals surface area contributed by atoms with Gasteiger partial charge in [-0.2, -0.15) is 5.10 Å². The Bertz CT molecular complexity index is 459. The molecule has 0 aliphatic rings. The minimum absolute atomic E-state index is 0.0844. The second-order valence-electron chi connectivity index (χ2n) is 3.90. The smallest absolute Gasteiger partial charge is 0.0837 e. The number of hydrogen-bond acceptors (Lipinski definition) is 2. The van der Waals surface area contributed by atoms with Gasteiger partial charge in [-0.15, -0.1) is 0 Å². The van der Waals surface area contributed by atoms with Gasteiger partial charge in [0.2, 0.25) is 0 Å². The summed E-state index contributed by atoms with van der Waals surface area (Å²) in [6.07, 6.45) is 1.68. The van der Waals surface area contributed by atoms with Crippen LogP contribution in [0.5, 0.6) is 0 Å². The Morgan fingerprint density at radius 1 is 1.35 bits per heavy atom. The lowest BCUT2D eigenvalue weighted by Gasteiger charge is -2.19. The average Bonchev–Trinajstić information content (AvgIpc) is 2.68. The van der Waals surface area contributed by atoms with E-state index in [4.69, 9.17) is 11.6 Å². The second kappa shape index (κ2) is 5.34. The lowest BCUT2D eigenvalue weighted by atomic mass is 10.0. The predicted octanol–water partition coefficient (Wildman–Crippen LogP) is 2.77. The topological polar surface area (TPSA) is 29.9 Å². The molecule has 0 fully saturated rings. The molecule has 17 heavy (non-hydrogen) atoms. The average molecular weight is 250 g/mol. The molecule has 1 atom stereocenters. The maximum absolute atomic E-state index is 6.20. The number of aromatic nitrogens is 2. The zero-order chi connectivity index (χ0) is 12.3. The number of aryl methyl sites for hydroxylation is 1. The number of hydrogen-bond donors (Lipinski definition) is 1. The van der Waals surface area contributed by atoms with E-state index in [-0.39, 0.29) is 6.04 Å². The van der Waals surface area contributed by atoms with E-state index < -0.39 is 0 Å². The summed E-state index contributed by atoms with van der Waals surface area (Å²) in [7, 11) is 1.91. The summed E-state index contributed by atoms with van der Waals surface area (Å²) in [5, 5.41) is 8.32. The highest BCUT2D eigenvalue weighted by atomic mass is 35.5. The number of benzene rings is 1. The van der Waals surface area contributed by atoms with Crippen molar-refractivity contribution >= 4 is 11.6 Å². The summed E-state index contributed by atoms with van der Waals surface area (Å²) < 4.78 is 1.82. The quantitative estimate of drug-likeness (QED) is 0.903. The molecule has 1 unspecified atom stereocenters. The summed E-state index contributed by atoms with van der Waals surface area (Å²) in [5.74, 6) is 0. The Balaban J connectivity index is 2.43. The lowest BCUT2D eigenvalue weighted by Crippen LogP contribution is -2.24. The van der Waals surface area contributed by atoms with Crippen molar-refractivity contribution in [2.75, 3.05) is 6.54 Å². The molecular formula is C13H16ClN3. The molecule has 4 heteroatoms. The summed E-state index contributed by atoms with van der Waals surface area (Å²) >= 11 is 6.20. The van der Waals surface area contributed by atoms with Crippen LogP contribution in [0.4, 0.5) is 0 Å². The van der Waals surface area contributed by atoms with E-state index in [2.05, 4.69) is 29.5 Å². The van der Waals surface area contributed by atoms with Crippen molar-refractivity contribution in [3.63, 3.8) is 0 Å². The predicted molar refractivity (Wildman–Crippen MR) is 70.2 cm³/mol. The van der Waals surface area contributed by atoms with Gasteiger partial charge in [-0.1, -0.05) is 48.9 Å². The third-order valence-corrected chi connectivity index (χ3v) is 3.04. The van der Waals surface area contributed by atoms with Crippen molar-refractivity contribution in [2.24, 2.45) is 7.05 Å². The fourth-order valence-corrected chi connectivity index (χ4v) is 2.24. The first-order valence-corrected chi connectivity index (χ1v) is 6.07. The summed E-state index contributed by atoms with van der Waals surface area (Å²) in [6, 6.07) is 10.3. The summed E-state index contributed by atoms with van der Waals surface area (Å²) in [6.45, 7) is 2.96. The highest BCUT2D eigenvalue weighted by Gasteiger charge is 2.19. The van der Waals surface area contributed by atoms with Crippen LogP contribution in [-0.4, -0.2) is 16.3 Å². The third kappa shape index (κ3) is 2.51. The zero-order valence-corrected chi connectivity index (χ0v) is 10.8. The standard InChI is InChI=1S/C13H16ClN3/c1-3-15-12(10-7-5-4-6-8-10)13-11(14)9-16-17(13)2/h4-9,12,15H,3H2,1-2H3. The molecule has 0 saturated heterocycles. The largest absolute Gasteiger partial charge is 0.305 e. The highest BCUT2D eigenvalue weighted by Crippen LogP contribution is 2.27. The van der Waals surface area contributed by atoms with E-state index >= 15 is 0 Å². The van der Waals surface area contributed by atoms with Crippen LogP contribution in [0.2, 0.25) is 5.02 Å². The van der Waals surface area contributed by atoms with E-state index in [0.717, 1.165) is 12.2 Å². The van der Waals surface area contributed by atoms with Gasteiger partial charge in [0.15, 0.2) is 0 Å². The van der Waals surface area contributed by atoms with Gasteiger partial charge >= 0.3 is 0 Å². The molecule has 0 aliphatic heterocycles. The van der Waals surface area contributed by atoms with Gasteiger partial charge < -0.3 is 5.32 Å². The van der Waals surface area contributed by atoms with Crippen LogP contribution < -0.4 is 5.32 Å². The van der Waals surface area contributed by atoms with E-state index in [0.29, 0.717) is 5.02 Å². The summed E-state index contributed by atoms with van der Waals surface area (Å²) in [5.41, 5.74) is 2.19. The minimum Gasteiger partial charge on any atom is -0.305 e. The van der Waals surface area contributed by atoms with Gasteiger partial charge in [-0.25, -0.2) is 0 Å². The molecule has 1 aromatic carbocycles. The normalized spacial score (nSPS) is 12.6. The van der Waals surface area contributed by atoms with Crippen LogP contribution >= 0.6 is 11.6 Å². The molecule has 0 saturated carbocycles. The molecular weight excluding hydrogens is 234 g/mol. The summed E-state index contributed by atoms with van der Waals surface area (Å²) in [4.78, 5) is 0. The van der Waals surface area contributed by atoms with E-state index in [1.165, 1.54) is 5.56 Å². The van der Waals surface area contributed by atoms with Gasteiger partial charge in [0.05, 0.1) is 23.0 Å². The van der Waals surface area contributed by atoms with Gasteiger partial charge in [-0.3, -0.25) is 4.68 Å². The Labute approximate surface area is 106 Å². The molecule has 0 spiro atoms. The van der Waals surface area contributed by atoms with Gasteiger partial charge in [0.25, 0.3) is 0 Å².